The molecular weight excluding hydrogens is 548 g/mol. The quantitative estimate of drug-likeness (QED) is 0.469. The molecule has 10 heteroatoms. The van der Waals surface area contributed by atoms with Crippen molar-refractivity contribution in [1.29, 1.82) is 0 Å². The third-order valence-electron chi connectivity index (χ3n) is 8.99. The molecule has 1 aliphatic carbocycles. The number of Topliss-reactive ketones (excluding diaryl/α,β-unsaturated/α-hetero) is 2. The van der Waals surface area contributed by atoms with Crippen LogP contribution < -0.4 is 25.1 Å². The fourth-order valence-corrected chi connectivity index (χ4v) is 7.36. The summed E-state index contributed by atoms with van der Waals surface area (Å²) in [5, 5.41) is 3.79. The van der Waals surface area contributed by atoms with E-state index in [9.17, 15) is 19.2 Å². The number of ether oxygens (including phenoxy) is 3. The Kier molecular flexibility index (Phi) is 5.64. The van der Waals surface area contributed by atoms with Crippen LogP contribution in [0.2, 0.25) is 5.02 Å². The first-order valence-electron chi connectivity index (χ1n) is 13.6. The molecule has 0 radical (unpaired) electrons. The Morgan fingerprint density at radius 3 is 2.59 bits per heavy atom. The molecule has 4 heterocycles. The van der Waals surface area contributed by atoms with E-state index in [4.69, 9.17) is 25.8 Å². The van der Waals surface area contributed by atoms with E-state index in [0.29, 0.717) is 17.8 Å². The zero-order valence-electron chi connectivity index (χ0n) is 22.8. The highest BCUT2D eigenvalue weighted by molar-refractivity contribution is 6.36. The number of hydrogen-bond donors (Lipinski definition) is 1. The van der Waals surface area contributed by atoms with Gasteiger partial charge in [-0.05, 0) is 36.3 Å². The van der Waals surface area contributed by atoms with Crippen molar-refractivity contribution in [2.24, 2.45) is 5.92 Å². The van der Waals surface area contributed by atoms with Gasteiger partial charge in [0.05, 0.1) is 19.7 Å². The summed E-state index contributed by atoms with van der Waals surface area (Å²) in [5.41, 5.74) is 0.907. The van der Waals surface area contributed by atoms with Crippen LogP contribution in [0.5, 0.6) is 17.2 Å². The molecule has 3 aliphatic heterocycles. The highest BCUT2D eigenvalue weighted by Crippen LogP contribution is 2.55. The van der Waals surface area contributed by atoms with Crippen LogP contribution in [0.15, 0.2) is 46.4 Å². The normalized spacial score (nSPS) is 24.7. The number of fused-ring (bicyclic) bond motifs is 1. The molecule has 0 bridgehead atoms. The van der Waals surface area contributed by atoms with Crippen LogP contribution in [-0.2, 0) is 22.6 Å². The Hall–Kier alpha value is -4.11. The van der Waals surface area contributed by atoms with E-state index < -0.39 is 29.0 Å². The molecule has 1 N–H and O–H groups in total. The number of aryl methyl sites for hydroxylation is 2. The summed E-state index contributed by atoms with van der Waals surface area (Å²) in [4.78, 5) is 55.7. The van der Waals surface area contributed by atoms with Crippen LogP contribution in [0.4, 0.5) is 0 Å². The van der Waals surface area contributed by atoms with Crippen molar-refractivity contribution >= 4 is 40.0 Å². The summed E-state index contributed by atoms with van der Waals surface area (Å²) in [6, 6.07) is 9.21. The molecule has 0 fully saturated rings. The maximum Gasteiger partial charge on any atom is 0.254 e. The van der Waals surface area contributed by atoms with Crippen molar-refractivity contribution < 1.29 is 28.6 Å². The van der Waals surface area contributed by atoms with E-state index in [1.807, 2.05) is 18.2 Å². The molecule has 210 valence electrons. The number of amides is 1. The van der Waals surface area contributed by atoms with Gasteiger partial charge in [-0.3, -0.25) is 19.2 Å². The lowest BCUT2D eigenvalue weighted by Gasteiger charge is -2.41. The Bertz CT molecular complexity index is 1820. The number of aromatic nitrogens is 1. The highest BCUT2D eigenvalue weighted by Gasteiger charge is 2.63. The van der Waals surface area contributed by atoms with Gasteiger partial charge in [0, 0.05) is 47.7 Å². The van der Waals surface area contributed by atoms with Crippen molar-refractivity contribution in [2.75, 3.05) is 14.2 Å². The van der Waals surface area contributed by atoms with Crippen LogP contribution in [0.25, 0.3) is 10.9 Å². The largest absolute Gasteiger partial charge is 0.496 e. The average molecular weight is 575 g/mol. The smallest absolute Gasteiger partial charge is 0.254 e. The van der Waals surface area contributed by atoms with Crippen LogP contribution in [0, 0.1) is 5.92 Å². The minimum absolute atomic E-state index is 0.0243. The number of nitrogens with one attached hydrogen (secondary N) is 1. The fourth-order valence-electron chi connectivity index (χ4n) is 7.09. The summed E-state index contributed by atoms with van der Waals surface area (Å²) in [6.07, 6.45) is 1.79. The van der Waals surface area contributed by atoms with Crippen molar-refractivity contribution in [2.45, 2.75) is 50.7 Å². The van der Waals surface area contributed by atoms with E-state index in [-0.39, 0.29) is 57.7 Å². The monoisotopic (exact) mass is 574 g/mol. The lowest BCUT2D eigenvalue weighted by molar-refractivity contribution is -0.131. The number of rotatable bonds is 3. The van der Waals surface area contributed by atoms with Crippen LogP contribution in [-0.4, -0.2) is 41.9 Å². The van der Waals surface area contributed by atoms with Crippen LogP contribution in [0.1, 0.15) is 53.6 Å². The Morgan fingerprint density at radius 2 is 1.83 bits per heavy atom. The molecular formula is C31H27ClN2O7. The van der Waals surface area contributed by atoms with Gasteiger partial charge in [0.2, 0.25) is 23.1 Å². The van der Waals surface area contributed by atoms with Gasteiger partial charge in [-0.1, -0.05) is 36.7 Å². The molecule has 0 saturated heterocycles. The fraction of sp³-hybridized carbons (Fsp3) is 0.355. The van der Waals surface area contributed by atoms with Gasteiger partial charge >= 0.3 is 0 Å². The molecule has 3 unspecified atom stereocenters. The van der Waals surface area contributed by atoms with E-state index in [2.05, 4.69) is 5.32 Å². The maximum absolute atomic E-state index is 14.6. The second-order valence-electron chi connectivity index (χ2n) is 11.1. The lowest BCUT2D eigenvalue weighted by Crippen LogP contribution is -2.59. The van der Waals surface area contributed by atoms with Crippen molar-refractivity contribution in [3.05, 3.63) is 73.7 Å². The summed E-state index contributed by atoms with van der Waals surface area (Å²) >= 11 is 6.57. The van der Waals surface area contributed by atoms with Gasteiger partial charge in [-0.25, -0.2) is 0 Å². The van der Waals surface area contributed by atoms with Crippen molar-refractivity contribution in [3.8, 4) is 17.2 Å². The summed E-state index contributed by atoms with van der Waals surface area (Å²) < 4.78 is 18.9. The summed E-state index contributed by atoms with van der Waals surface area (Å²) in [5.74, 6) is -2.48. The lowest BCUT2D eigenvalue weighted by atomic mass is 9.66. The second-order valence-corrected chi connectivity index (χ2v) is 11.5. The number of carbonyl (C=O) groups excluding carboxylic acids is 3. The zero-order valence-corrected chi connectivity index (χ0v) is 23.5. The number of hydrogen-bond acceptors (Lipinski definition) is 7. The minimum Gasteiger partial charge on any atom is -0.496 e. The van der Waals surface area contributed by atoms with Gasteiger partial charge in [-0.15, -0.1) is 0 Å². The molecule has 2 aromatic carbocycles. The number of benzene rings is 2. The number of para-hydroxylation sites is 1. The molecule has 3 atom stereocenters. The first kappa shape index (κ1) is 25.8. The van der Waals surface area contributed by atoms with Crippen molar-refractivity contribution in [3.63, 3.8) is 0 Å². The molecule has 41 heavy (non-hydrogen) atoms. The van der Waals surface area contributed by atoms with Gasteiger partial charge in [-0.2, -0.15) is 0 Å². The Balaban J connectivity index is 1.41. The SMILES string of the molecule is COc1cc(OC)c2c(c1Cl)OC1(C(=O)C3=C(CC1C)NC(=O)CC3c1cc3cccc4c3n(c1=O)CCC4)C2=O. The molecule has 1 amide bonds. The average Bonchev–Trinajstić information content (AvgIpc) is 3.28. The predicted octanol–water partition coefficient (Wildman–Crippen LogP) is 4.10. The number of nitrogens with zero attached hydrogens (tertiary/aromatic N) is 1. The number of halogens is 1. The molecule has 1 aromatic heterocycles. The second kappa shape index (κ2) is 8.94. The maximum atomic E-state index is 14.6. The van der Waals surface area contributed by atoms with E-state index >= 15 is 0 Å². The molecule has 7 rings (SSSR count). The zero-order chi connectivity index (χ0) is 28.8. The van der Waals surface area contributed by atoms with Crippen LogP contribution in [0.3, 0.4) is 0 Å². The minimum atomic E-state index is -1.93. The van der Waals surface area contributed by atoms with E-state index in [0.717, 1.165) is 29.3 Å². The molecule has 9 nitrogen and oxygen atoms in total. The van der Waals surface area contributed by atoms with Gasteiger partial charge in [0.15, 0.2) is 5.75 Å². The van der Waals surface area contributed by atoms with Gasteiger partial charge < -0.3 is 24.1 Å². The Labute approximate surface area is 240 Å². The topological polar surface area (TPSA) is 113 Å². The first-order valence-corrected chi connectivity index (χ1v) is 14.0. The van der Waals surface area contributed by atoms with E-state index in [1.165, 1.54) is 20.3 Å². The standard InChI is InChI=1S/C31H27ClN2O7/c1-14-10-19-23(28(36)31(14)29(37)24-20(39-2)13-21(40-3)25(32)27(24)41-31)17(12-22(35)33-19)18-11-16-7-4-6-15-8-5-9-34(26(15)16)30(18)38/h4,6-7,11,13-14,17H,5,8-10,12H2,1-3H3,(H,33,35). The number of ketones is 2. The van der Waals surface area contributed by atoms with Gasteiger partial charge in [0.25, 0.3) is 5.56 Å². The number of methoxy groups -OCH3 is 2. The molecule has 1 spiro atoms. The predicted molar refractivity (Wildman–Crippen MR) is 150 cm³/mol. The Morgan fingerprint density at radius 1 is 1.05 bits per heavy atom. The number of carbonyl (C=O) groups is 3. The molecule has 0 saturated carbocycles. The number of allylic oxidation sites excluding steroid dienone is 1. The summed E-state index contributed by atoms with van der Waals surface area (Å²) in [7, 11) is 2.84. The third-order valence-corrected chi connectivity index (χ3v) is 9.34. The summed E-state index contributed by atoms with van der Waals surface area (Å²) in [6.45, 7) is 2.28. The molecule has 3 aromatic rings. The van der Waals surface area contributed by atoms with Gasteiger partial charge in [0.1, 0.15) is 22.1 Å². The first-order chi connectivity index (χ1) is 19.7. The number of pyridine rings is 1. The van der Waals surface area contributed by atoms with Crippen LogP contribution >= 0.6 is 11.6 Å². The highest BCUT2D eigenvalue weighted by atomic mass is 35.5. The van der Waals surface area contributed by atoms with Crippen molar-refractivity contribution in [1.82, 2.24) is 9.88 Å². The third kappa shape index (κ3) is 3.35. The van der Waals surface area contributed by atoms with E-state index in [1.54, 1.807) is 17.6 Å². The molecule has 4 aliphatic rings.